The van der Waals surface area contributed by atoms with E-state index in [1.54, 1.807) is 42.5 Å². The molecule has 0 amide bonds. The molecule has 0 aliphatic rings. The molecule has 4 aromatic rings. The second-order valence-corrected chi connectivity index (χ2v) is 10.4. The maximum Gasteiger partial charge on any atom is 0.211 e. The molecule has 0 atom stereocenters. The van der Waals surface area contributed by atoms with E-state index in [1.807, 2.05) is 6.92 Å². The van der Waals surface area contributed by atoms with Crippen molar-refractivity contribution >= 4 is 43.3 Å². The Morgan fingerprint density at radius 2 is 1.65 bits per heavy atom. The second kappa shape index (κ2) is 9.28. The van der Waals surface area contributed by atoms with Crippen molar-refractivity contribution in [3.63, 3.8) is 0 Å². The summed E-state index contributed by atoms with van der Waals surface area (Å²) >= 11 is 0.865. The molecule has 0 radical (unpaired) electrons. The minimum atomic E-state index is -4.13. The van der Waals surface area contributed by atoms with E-state index >= 15 is 0 Å². The van der Waals surface area contributed by atoms with E-state index in [0.717, 1.165) is 16.9 Å². The van der Waals surface area contributed by atoms with Gasteiger partial charge < -0.3 is 15.8 Å². The predicted octanol–water partition coefficient (Wildman–Crippen LogP) is 5.59. The molecule has 0 spiro atoms. The Hall–Kier alpha value is -3.69. The molecular formula is C25H21FN2O4S2. The predicted molar refractivity (Wildman–Crippen MR) is 131 cm³/mol. The SMILES string of the molecule is COc1ccc(C(=O)c2sc(Nc3ccccc3F)c(S(=O)(=O)c3ccc(C)cc3)c2N)cc1. The molecule has 0 saturated heterocycles. The molecule has 0 aliphatic carbocycles. The summed E-state index contributed by atoms with van der Waals surface area (Å²) in [5.74, 6) is -0.455. The third-order valence-corrected chi connectivity index (χ3v) is 8.28. The quantitative estimate of drug-likeness (QED) is 0.324. The van der Waals surface area contributed by atoms with Crippen molar-refractivity contribution in [1.82, 2.24) is 0 Å². The Morgan fingerprint density at radius 1 is 1.00 bits per heavy atom. The van der Waals surface area contributed by atoms with Gasteiger partial charge in [-0.2, -0.15) is 0 Å². The molecule has 34 heavy (non-hydrogen) atoms. The van der Waals surface area contributed by atoms with Gasteiger partial charge >= 0.3 is 0 Å². The van der Waals surface area contributed by atoms with E-state index in [1.165, 1.54) is 37.4 Å². The number of benzene rings is 3. The van der Waals surface area contributed by atoms with Crippen LogP contribution in [-0.4, -0.2) is 21.3 Å². The number of hydrogen-bond donors (Lipinski definition) is 2. The van der Waals surface area contributed by atoms with Crippen LogP contribution in [0.25, 0.3) is 0 Å². The van der Waals surface area contributed by atoms with Crippen molar-refractivity contribution in [3.8, 4) is 5.75 Å². The van der Waals surface area contributed by atoms with Crippen LogP contribution in [0.5, 0.6) is 5.75 Å². The number of halogens is 1. The average molecular weight is 497 g/mol. The van der Waals surface area contributed by atoms with Gasteiger partial charge in [-0.15, -0.1) is 11.3 Å². The first kappa shape index (κ1) is 23.5. The van der Waals surface area contributed by atoms with Crippen molar-refractivity contribution in [2.24, 2.45) is 0 Å². The highest BCUT2D eigenvalue weighted by Crippen LogP contribution is 2.44. The van der Waals surface area contributed by atoms with Gasteiger partial charge in [0.25, 0.3) is 0 Å². The van der Waals surface area contributed by atoms with Crippen molar-refractivity contribution in [3.05, 3.63) is 94.6 Å². The monoisotopic (exact) mass is 496 g/mol. The van der Waals surface area contributed by atoms with Gasteiger partial charge in [-0.3, -0.25) is 4.79 Å². The maximum atomic E-state index is 14.4. The molecule has 174 valence electrons. The van der Waals surface area contributed by atoms with Gasteiger partial charge in [-0.25, -0.2) is 12.8 Å². The molecule has 1 aromatic heterocycles. The number of aryl methyl sites for hydroxylation is 1. The molecule has 0 bridgehead atoms. The van der Waals surface area contributed by atoms with Crippen molar-refractivity contribution in [2.75, 3.05) is 18.2 Å². The maximum absolute atomic E-state index is 14.4. The number of sulfone groups is 1. The van der Waals surface area contributed by atoms with E-state index in [2.05, 4.69) is 5.32 Å². The summed E-state index contributed by atoms with van der Waals surface area (Å²) in [6.07, 6.45) is 0. The summed E-state index contributed by atoms with van der Waals surface area (Å²) in [5, 5.41) is 2.88. The third-order valence-electron chi connectivity index (χ3n) is 5.18. The standard InChI is InChI=1S/C25H21FN2O4S2/c1-15-7-13-18(14-8-15)34(30,31)24-21(27)23(22(29)16-9-11-17(32-2)12-10-16)33-25(24)28-20-6-4-3-5-19(20)26/h3-14,28H,27H2,1-2H3. The molecular weight excluding hydrogens is 475 g/mol. The number of ether oxygens (including phenoxy) is 1. The van der Waals surface area contributed by atoms with Gasteiger partial charge in [0.15, 0.2) is 0 Å². The van der Waals surface area contributed by atoms with Gasteiger partial charge in [-0.05, 0) is 55.5 Å². The largest absolute Gasteiger partial charge is 0.497 e. The van der Waals surface area contributed by atoms with Gasteiger partial charge in [0.05, 0.1) is 23.4 Å². The lowest BCUT2D eigenvalue weighted by molar-refractivity contribution is 0.104. The molecule has 0 saturated carbocycles. The lowest BCUT2D eigenvalue weighted by Gasteiger charge is -2.10. The van der Waals surface area contributed by atoms with Crippen LogP contribution in [0.1, 0.15) is 20.8 Å². The number of carbonyl (C=O) groups is 1. The number of methoxy groups -OCH3 is 1. The lowest BCUT2D eigenvalue weighted by atomic mass is 10.1. The molecule has 0 aliphatic heterocycles. The summed E-state index contributed by atoms with van der Waals surface area (Å²) in [7, 11) is -2.62. The van der Waals surface area contributed by atoms with E-state index in [9.17, 15) is 17.6 Å². The average Bonchev–Trinajstić information content (AvgIpc) is 3.16. The first-order chi connectivity index (χ1) is 16.2. The van der Waals surface area contributed by atoms with Crippen LogP contribution in [0.2, 0.25) is 0 Å². The smallest absolute Gasteiger partial charge is 0.211 e. The fourth-order valence-electron chi connectivity index (χ4n) is 3.34. The number of hydrogen-bond acceptors (Lipinski definition) is 7. The van der Waals surface area contributed by atoms with Crippen LogP contribution in [0, 0.1) is 12.7 Å². The van der Waals surface area contributed by atoms with Crippen LogP contribution in [0.4, 0.5) is 20.8 Å². The summed E-state index contributed by atoms with van der Waals surface area (Å²) in [5.41, 5.74) is 7.37. The van der Waals surface area contributed by atoms with Gasteiger partial charge in [0, 0.05) is 5.56 Å². The van der Waals surface area contributed by atoms with E-state index < -0.39 is 21.4 Å². The summed E-state index contributed by atoms with van der Waals surface area (Å²) in [6, 6.07) is 18.5. The summed E-state index contributed by atoms with van der Waals surface area (Å²) < 4.78 is 46.6. The first-order valence-corrected chi connectivity index (χ1v) is 12.5. The number of ketones is 1. The third kappa shape index (κ3) is 4.40. The number of nitrogen functional groups attached to an aromatic ring is 1. The van der Waals surface area contributed by atoms with Crippen molar-refractivity contribution in [1.29, 1.82) is 0 Å². The van der Waals surface area contributed by atoms with E-state index in [4.69, 9.17) is 10.5 Å². The van der Waals surface area contributed by atoms with Gasteiger partial charge in [0.2, 0.25) is 15.6 Å². The Morgan fingerprint density at radius 3 is 2.26 bits per heavy atom. The first-order valence-electron chi connectivity index (χ1n) is 10.2. The number of para-hydroxylation sites is 1. The molecule has 4 rings (SSSR count). The molecule has 3 aromatic carbocycles. The Labute approximate surface area is 200 Å². The minimum absolute atomic E-state index is 0.0163. The van der Waals surface area contributed by atoms with E-state index in [0.29, 0.717) is 11.3 Å². The Balaban J connectivity index is 1.87. The molecule has 9 heteroatoms. The van der Waals surface area contributed by atoms with Crippen molar-refractivity contribution in [2.45, 2.75) is 16.7 Å². The zero-order valence-corrected chi connectivity index (χ0v) is 20.0. The van der Waals surface area contributed by atoms with Gasteiger partial charge in [0.1, 0.15) is 26.3 Å². The minimum Gasteiger partial charge on any atom is -0.497 e. The van der Waals surface area contributed by atoms with Crippen LogP contribution in [-0.2, 0) is 9.84 Å². The summed E-state index contributed by atoms with van der Waals surface area (Å²) in [6.45, 7) is 1.84. The number of nitrogens with one attached hydrogen (secondary N) is 1. The summed E-state index contributed by atoms with van der Waals surface area (Å²) in [4.78, 5) is 13.0. The highest BCUT2D eigenvalue weighted by molar-refractivity contribution is 7.92. The number of nitrogens with two attached hydrogens (primary N) is 1. The zero-order chi connectivity index (χ0) is 24.5. The number of carbonyl (C=O) groups excluding carboxylic acids is 1. The van der Waals surface area contributed by atoms with Crippen LogP contribution in [0.3, 0.4) is 0 Å². The van der Waals surface area contributed by atoms with E-state index in [-0.39, 0.29) is 31.0 Å². The zero-order valence-electron chi connectivity index (χ0n) is 18.3. The molecule has 0 unspecified atom stereocenters. The van der Waals surface area contributed by atoms with Crippen LogP contribution in [0.15, 0.2) is 82.6 Å². The number of anilines is 3. The van der Waals surface area contributed by atoms with Crippen LogP contribution < -0.4 is 15.8 Å². The molecule has 3 N–H and O–H groups in total. The lowest BCUT2D eigenvalue weighted by Crippen LogP contribution is -2.08. The second-order valence-electron chi connectivity index (χ2n) is 7.48. The number of rotatable bonds is 7. The number of thiophene rings is 1. The normalized spacial score (nSPS) is 11.3. The van der Waals surface area contributed by atoms with Crippen molar-refractivity contribution < 1.29 is 22.3 Å². The topological polar surface area (TPSA) is 98.5 Å². The highest BCUT2D eigenvalue weighted by Gasteiger charge is 2.32. The molecule has 0 fully saturated rings. The van der Waals surface area contributed by atoms with Crippen LogP contribution >= 0.6 is 11.3 Å². The molecule has 1 heterocycles. The van der Waals surface area contributed by atoms with Gasteiger partial charge in [-0.1, -0.05) is 29.8 Å². The fourth-order valence-corrected chi connectivity index (χ4v) is 6.27. The Kier molecular flexibility index (Phi) is 6.41. The fraction of sp³-hybridized carbons (Fsp3) is 0.0800. The molecule has 6 nitrogen and oxygen atoms in total. The highest BCUT2D eigenvalue weighted by atomic mass is 32.2. The Bertz CT molecular complexity index is 1460.